The number of nitrogens with zero attached hydrogens (tertiary/aromatic N) is 4. The van der Waals surface area contributed by atoms with E-state index >= 15 is 0 Å². The summed E-state index contributed by atoms with van der Waals surface area (Å²) in [7, 11) is -8.11. The number of rotatable bonds is 15. The molecule has 0 spiro atoms. The Bertz CT molecular complexity index is 2060. The van der Waals surface area contributed by atoms with Gasteiger partial charge in [-0.05, 0) is 106 Å². The molecule has 2 saturated heterocycles. The van der Waals surface area contributed by atoms with Crippen molar-refractivity contribution in [3.63, 3.8) is 0 Å². The average Bonchev–Trinajstić information content (AvgIpc) is 4.16. The molecule has 18 heteroatoms. The molecule has 2 amide bonds. The Morgan fingerprint density at radius 2 is 1.08 bits per heavy atom. The summed E-state index contributed by atoms with van der Waals surface area (Å²) in [5, 5.41) is 0. The van der Waals surface area contributed by atoms with E-state index in [1.54, 1.807) is 15.9 Å². The number of hydrogen-bond donors (Lipinski definition) is 0. The normalized spacial score (nSPS) is 19.3. The number of sulfonamides is 2. The Morgan fingerprint density at radius 3 is 1.46 bits per heavy atom. The number of allylic oxidation sites excluding steroid dienone is 1. The van der Waals surface area contributed by atoms with Crippen molar-refractivity contribution in [1.29, 1.82) is 0 Å². The molecule has 10 nitrogen and oxygen atoms in total. The predicted molar refractivity (Wildman–Crippen MR) is 219 cm³/mol. The molecular formula is C43H58F6N4O6S2. The van der Waals surface area contributed by atoms with Crippen LogP contribution in [0, 0.1) is 5.92 Å². The van der Waals surface area contributed by atoms with Crippen molar-refractivity contribution >= 4 is 31.9 Å². The van der Waals surface area contributed by atoms with Gasteiger partial charge in [0.05, 0.1) is 20.9 Å². The molecule has 2 aromatic carbocycles. The SMILES string of the molecule is CCC/C=C/C(=O)N1CCC(N(C2CC2)S(=O)(=O)c2cccc(C(F)(F)F)c2)CC1.CCCC(C)CC(=O)N1CCC(N(C2CC2)S(=O)(=O)c2cccc(C(F)(F)F)c2)CC1. The summed E-state index contributed by atoms with van der Waals surface area (Å²) in [5.74, 6) is 0.332. The third kappa shape index (κ3) is 12.8. The van der Waals surface area contributed by atoms with Gasteiger partial charge < -0.3 is 9.80 Å². The number of benzene rings is 2. The predicted octanol–water partition coefficient (Wildman–Crippen LogP) is 8.88. The first-order chi connectivity index (χ1) is 28.7. The molecule has 0 aromatic heterocycles. The lowest BCUT2D eigenvalue weighted by molar-refractivity contribution is -0.138. The molecule has 4 aliphatic rings. The van der Waals surface area contributed by atoms with Crippen LogP contribution in [-0.2, 0) is 42.0 Å². The van der Waals surface area contributed by atoms with E-state index in [1.807, 2.05) is 13.0 Å². The minimum atomic E-state index is -4.60. The molecule has 2 heterocycles. The highest BCUT2D eigenvalue weighted by atomic mass is 32.2. The van der Waals surface area contributed by atoms with E-state index in [-0.39, 0.29) is 45.8 Å². The maximum absolute atomic E-state index is 13.3. The van der Waals surface area contributed by atoms with Gasteiger partial charge >= 0.3 is 12.4 Å². The minimum Gasteiger partial charge on any atom is -0.343 e. The lowest BCUT2D eigenvalue weighted by Gasteiger charge is -2.38. The van der Waals surface area contributed by atoms with E-state index in [4.69, 9.17) is 0 Å². The Hall–Kier alpha value is -3.48. The molecule has 61 heavy (non-hydrogen) atoms. The molecule has 2 aliphatic carbocycles. The number of likely N-dealkylation sites (tertiary alicyclic amines) is 2. The third-order valence-corrected chi connectivity index (χ3v) is 15.6. The number of unbranched alkanes of at least 4 members (excludes halogenated alkanes) is 1. The lowest BCUT2D eigenvalue weighted by atomic mass is 9.99. The summed E-state index contributed by atoms with van der Waals surface area (Å²) in [4.78, 5) is 27.6. The molecule has 2 aliphatic heterocycles. The van der Waals surface area contributed by atoms with E-state index in [0.29, 0.717) is 96.0 Å². The number of amides is 2. The topological polar surface area (TPSA) is 115 Å². The Labute approximate surface area is 356 Å². The summed E-state index contributed by atoms with van der Waals surface area (Å²) >= 11 is 0. The molecule has 0 N–H and O–H groups in total. The van der Waals surface area contributed by atoms with Gasteiger partial charge in [-0.3, -0.25) is 9.59 Å². The van der Waals surface area contributed by atoms with Crippen LogP contribution in [0.4, 0.5) is 26.3 Å². The Kier molecular flexibility index (Phi) is 16.2. The number of halogens is 6. The molecule has 340 valence electrons. The maximum atomic E-state index is 13.3. The molecule has 0 radical (unpaired) electrons. The fourth-order valence-electron chi connectivity index (χ4n) is 8.14. The van der Waals surface area contributed by atoms with Crippen molar-refractivity contribution in [3.05, 3.63) is 71.8 Å². The van der Waals surface area contributed by atoms with Gasteiger partial charge in [-0.1, -0.05) is 58.2 Å². The molecule has 6 rings (SSSR count). The minimum absolute atomic E-state index is 0.0828. The van der Waals surface area contributed by atoms with Crippen LogP contribution >= 0.6 is 0 Å². The van der Waals surface area contributed by atoms with Crippen molar-refractivity contribution < 1.29 is 52.8 Å². The number of piperidine rings is 2. The average molecular weight is 905 g/mol. The van der Waals surface area contributed by atoms with Crippen molar-refractivity contribution in [3.8, 4) is 0 Å². The molecular weight excluding hydrogens is 847 g/mol. The fraction of sp³-hybridized carbons (Fsp3) is 0.628. The quantitative estimate of drug-likeness (QED) is 0.130. The van der Waals surface area contributed by atoms with E-state index in [1.165, 1.54) is 20.7 Å². The van der Waals surface area contributed by atoms with E-state index in [2.05, 4.69) is 13.8 Å². The summed E-state index contributed by atoms with van der Waals surface area (Å²) in [6.45, 7) is 7.99. The van der Waals surface area contributed by atoms with Crippen LogP contribution in [0.1, 0.15) is 115 Å². The van der Waals surface area contributed by atoms with Gasteiger partial charge in [0.25, 0.3) is 0 Å². The van der Waals surface area contributed by atoms with Gasteiger partial charge in [0, 0.05) is 56.8 Å². The molecule has 2 saturated carbocycles. The fourth-order valence-corrected chi connectivity index (χ4v) is 12.1. The first kappa shape index (κ1) is 48.6. The Balaban J connectivity index is 0.000000231. The van der Waals surface area contributed by atoms with E-state index in [9.17, 15) is 52.8 Å². The molecule has 4 fully saturated rings. The van der Waals surface area contributed by atoms with Crippen molar-refractivity contribution in [2.45, 2.75) is 151 Å². The summed E-state index contributed by atoms with van der Waals surface area (Å²) in [6.07, 6.45) is 3.28. The van der Waals surface area contributed by atoms with Gasteiger partial charge in [-0.25, -0.2) is 16.8 Å². The largest absolute Gasteiger partial charge is 0.416 e. The number of hydrogen-bond acceptors (Lipinski definition) is 6. The van der Waals surface area contributed by atoms with Crippen molar-refractivity contribution in [1.82, 2.24) is 18.4 Å². The summed E-state index contributed by atoms with van der Waals surface area (Å²) in [5.41, 5.74) is -1.94. The highest BCUT2D eigenvalue weighted by Gasteiger charge is 2.46. The lowest BCUT2D eigenvalue weighted by Crippen LogP contribution is -2.49. The molecule has 0 bridgehead atoms. The molecule has 2 aromatic rings. The van der Waals surface area contributed by atoms with Crippen LogP contribution in [0.2, 0.25) is 0 Å². The molecule has 1 atom stereocenters. The smallest absolute Gasteiger partial charge is 0.343 e. The first-order valence-corrected chi connectivity index (χ1v) is 24.2. The van der Waals surface area contributed by atoms with Crippen LogP contribution < -0.4 is 0 Å². The second-order valence-corrected chi connectivity index (χ2v) is 20.3. The number of carbonyl (C=O) groups is 2. The highest BCUT2D eigenvalue weighted by Crippen LogP contribution is 2.40. The second-order valence-electron chi connectivity index (χ2n) is 16.6. The molecule has 1 unspecified atom stereocenters. The first-order valence-electron chi connectivity index (χ1n) is 21.3. The Morgan fingerprint density at radius 1 is 0.672 bits per heavy atom. The number of carbonyl (C=O) groups excluding carboxylic acids is 2. The summed E-state index contributed by atoms with van der Waals surface area (Å²) in [6, 6.07) is 6.93. The van der Waals surface area contributed by atoms with E-state index in [0.717, 1.165) is 56.0 Å². The standard InChI is InChI=1S/C22H31F3N2O3S.C21H27F3N2O3S/c1-3-5-16(2)14-21(28)26-12-10-19(11-13-26)27(18-8-9-18)31(29,30)20-7-4-6-17(15-20)22(23,24)25;1-2-3-4-8-20(27)25-13-11-18(12-14-25)26(17-9-10-17)30(28,29)19-7-5-6-16(15-19)21(22,23)24/h4,6-7,15-16,18-19H,3,5,8-14H2,1-2H3;4-8,15,17-18H,2-3,9-14H2,1H3/b;8-4+. The van der Waals surface area contributed by atoms with Crippen molar-refractivity contribution in [2.24, 2.45) is 5.92 Å². The van der Waals surface area contributed by atoms with E-state index < -0.39 is 43.5 Å². The second kappa shape index (κ2) is 20.4. The highest BCUT2D eigenvalue weighted by molar-refractivity contribution is 7.89. The van der Waals surface area contributed by atoms with Gasteiger partial charge in [0.15, 0.2) is 0 Å². The summed E-state index contributed by atoms with van der Waals surface area (Å²) < 4.78 is 134. The monoisotopic (exact) mass is 904 g/mol. The van der Waals surface area contributed by atoms with Crippen LogP contribution in [0.3, 0.4) is 0 Å². The van der Waals surface area contributed by atoms with Crippen molar-refractivity contribution in [2.75, 3.05) is 26.2 Å². The van der Waals surface area contributed by atoms with Gasteiger partial charge in [0.1, 0.15) is 0 Å². The third-order valence-electron chi connectivity index (χ3n) is 11.6. The van der Waals surface area contributed by atoms with Gasteiger partial charge in [-0.2, -0.15) is 35.0 Å². The number of alkyl halides is 6. The van der Waals surface area contributed by atoms with Crippen LogP contribution in [-0.4, -0.2) is 97.4 Å². The zero-order valence-corrected chi connectivity index (χ0v) is 36.6. The maximum Gasteiger partial charge on any atom is 0.416 e. The zero-order chi connectivity index (χ0) is 44.8. The van der Waals surface area contributed by atoms with Gasteiger partial charge in [-0.15, -0.1) is 0 Å². The zero-order valence-electron chi connectivity index (χ0n) is 35.0. The van der Waals surface area contributed by atoms with Crippen LogP contribution in [0.5, 0.6) is 0 Å². The van der Waals surface area contributed by atoms with Gasteiger partial charge in [0.2, 0.25) is 31.9 Å². The van der Waals surface area contributed by atoms with Crippen LogP contribution in [0.15, 0.2) is 70.5 Å². The van der Waals surface area contributed by atoms with Crippen LogP contribution in [0.25, 0.3) is 0 Å².